The Kier molecular flexibility index (Phi) is 6.31. The van der Waals surface area contributed by atoms with Crippen LogP contribution in [-0.4, -0.2) is 30.7 Å². The van der Waals surface area contributed by atoms with Gasteiger partial charge in [-0.1, -0.05) is 27.2 Å². The van der Waals surface area contributed by atoms with Crippen molar-refractivity contribution in [3.63, 3.8) is 0 Å². The van der Waals surface area contributed by atoms with Gasteiger partial charge < -0.3 is 4.90 Å². The van der Waals surface area contributed by atoms with E-state index in [-0.39, 0.29) is 0 Å². The summed E-state index contributed by atoms with van der Waals surface area (Å²) in [5.74, 6) is 0.884. The first kappa shape index (κ1) is 12.9. The van der Waals surface area contributed by atoms with Crippen LogP contribution in [0.15, 0.2) is 0 Å². The van der Waals surface area contributed by atoms with Gasteiger partial charge in [0, 0.05) is 12.6 Å². The minimum absolute atomic E-state index is 0.449. The van der Waals surface area contributed by atoms with Gasteiger partial charge in [0.2, 0.25) is 0 Å². The monoisotopic (exact) mass is 189 g/mol. The Morgan fingerprint density at radius 1 is 1.46 bits per heavy atom. The first-order chi connectivity index (χ1) is 5.97. The van der Waals surface area contributed by atoms with Crippen LogP contribution in [0.3, 0.4) is 0 Å². The van der Waals surface area contributed by atoms with Crippen LogP contribution >= 0.6 is 0 Å². The maximum Gasteiger partial charge on any atom is 0.114 e. The number of hydrogen-bond acceptors (Lipinski definition) is 1. The number of hydrogen-bond donors (Lipinski definition) is 0. The summed E-state index contributed by atoms with van der Waals surface area (Å²) in [6, 6.07) is 0.449. The third-order valence-electron chi connectivity index (χ3n) is 2.65. The van der Waals surface area contributed by atoms with Crippen molar-refractivity contribution in [3.05, 3.63) is 0 Å². The first-order valence-electron chi connectivity index (χ1n) is 5.31. The maximum absolute atomic E-state index is 12.4. The molecule has 1 heterocycles. The zero-order valence-corrected chi connectivity index (χ0v) is 9.68. The minimum atomic E-state index is -0.574. The molecule has 1 aliphatic rings. The van der Waals surface area contributed by atoms with Gasteiger partial charge in [0.15, 0.2) is 0 Å². The summed E-state index contributed by atoms with van der Waals surface area (Å²) in [5, 5.41) is 0. The van der Waals surface area contributed by atoms with Gasteiger partial charge in [0.05, 0.1) is 0 Å². The Morgan fingerprint density at radius 2 is 1.92 bits per heavy atom. The van der Waals surface area contributed by atoms with Crippen molar-refractivity contribution in [2.24, 2.45) is 5.92 Å². The molecule has 0 N–H and O–H groups in total. The second-order valence-corrected chi connectivity index (χ2v) is 4.42. The van der Waals surface area contributed by atoms with Gasteiger partial charge in [-0.05, 0) is 26.3 Å². The van der Waals surface area contributed by atoms with Crippen molar-refractivity contribution >= 4 is 0 Å². The Bertz CT molecular complexity index is 115. The highest BCUT2D eigenvalue weighted by molar-refractivity contribution is 4.79. The fourth-order valence-electron chi connectivity index (χ4n) is 1.12. The number of rotatable bonds is 1. The van der Waals surface area contributed by atoms with Crippen LogP contribution in [0.5, 0.6) is 0 Å². The first-order valence-corrected chi connectivity index (χ1v) is 5.31. The highest BCUT2D eigenvalue weighted by atomic mass is 19.1. The van der Waals surface area contributed by atoms with Crippen LogP contribution in [0.2, 0.25) is 0 Å². The molecule has 0 amide bonds. The van der Waals surface area contributed by atoms with Crippen LogP contribution in [0.25, 0.3) is 0 Å². The van der Waals surface area contributed by atoms with E-state index in [1.54, 1.807) is 0 Å². The zero-order chi connectivity index (χ0) is 10.4. The standard InChI is InChI=1S/C6H12FN.C5H12/c1-5-3-6(7)4-8(5)2;1-4-5(2)3/h5-6H,3-4H2,1-2H3;5H,4H2,1-3H3/t5-,6-;/m1./s1. The average Bonchev–Trinajstić information content (AvgIpc) is 2.31. The Hall–Kier alpha value is -0.110. The van der Waals surface area contributed by atoms with Gasteiger partial charge in [0.25, 0.3) is 0 Å². The van der Waals surface area contributed by atoms with Gasteiger partial charge in [-0.25, -0.2) is 4.39 Å². The van der Waals surface area contributed by atoms with E-state index in [4.69, 9.17) is 0 Å². The van der Waals surface area contributed by atoms with E-state index in [9.17, 15) is 4.39 Å². The highest BCUT2D eigenvalue weighted by Crippen LogP contribution is 2.16. The number of halogens is 1. The van der Waals surface area contributed by atoms with Crippen molar-refractivity contribution in [3.8, 4) is 0 Å². The molecule has 0 spiro atoms. The largest absolute Gasteiger partial charge is 0.301 e. The molecule has 0 bridgehead atoms. The summed E-state index contributed by atoms with van der Waals surface area (Å²) in [5.41, 5.74) is 0. The van der Waals surface area contributed by atoms with Crippen molar-refractivity contribution in [2.75, 3.05) is 13.6 Å². The molecule has 0 aromatic rings. The molecule has 1 fully saturated rings. The average molecular weight is 189 g/mol. The lowest BCUT2D eigenvalue weighted by atomic mass is 10.2. The molecule has 0 aliphatic carbocycles. The van der Waals surface area contributed by atoms with Crippen LogP contribution in [0.4, 0.5) is 4.39 Å². The fourth-order valence-corrected chi connectivity index (χ4v) is 1.12. The highest BCUT2D eigenvalue weighted by Gasteiger charge is 2.24. The molecule has 1 rings (SSSR count). The lowest BCUT2D eigenvalue weighted by Crippen LogP contribution is -2.21. The van der Waals surface area contributed by atoms with E-state index in [1.165, 1.54) is 6.42 Å². The molecule has 0 aromatic heterocycles. The van der Waals surface area contributed by atoms with Crippen LogP contribution in [0.1, 0.15) is 40.5 Å². The predicted octanol–water partition coefficient (Wildman–Crippen LogP) is 3.10. The van der Waals surface area contributed by atoms with E-state index in [1.807, 2.05) is 11.9 Å². The number of likely N-dealkylation sites (tertiary alicyclic amines) is 1. The Morgan fingerprint density at radius 3 is 2.00 bits per heavy atom. The molecular weight excluding hydrogens is 165 g/mol. The molecule has 0 radical (unpaired) electrons. The molecule has 0 saturated carbocycles. The number of nitrogens with zero attached hydrogens (tertiary/aromatic N) is 1. The Balaban J connectivity index is 0.000000252. The zero-order valence-electron chi connectivity index (χ0n) is 9.68. The molecule has 0 unspecified atom stereocenters. The van der Waals surface area contributed by atoms with E-state index < -0.39 is 6.17 Å². The summed E-state index contributed by atoms with van der Waals surface area (Å²) in [6.07, 6.45) is 1.45. The molecule has 1 nitrogen and oxygen atoms in total. The summed E-state index contributed by atoms with van der Waals surface area (Å²) in [4.78, 5) is 2.05. The van der Waals surface area contributed by atoms with Crippen molar-refractivity contribution in [1.82, 2.24) is 4.90 Å². The van der Waals surface area contributed by atoms with Crippen molar-refractivity contribution in [1.29, 1.82) is 0 Å². The van der Waals surface area contributed by atoms with Gasteiger partial charge in [-0.15, -0.1) is 0 Å². The molecule has 1 saturated heterocycles. The normalized spacial score (nSPS) is 28.8. The maximum atomic E-state index is 12.4. The van der Waals surface area contributed by atoms with Crippen LogP contribution in [-0.2, 0) is 0 Å². The van der Waals surface area contributed by atoms with E-state index in [0.29, 0.717) is 12.6 Å². The van der Waals surface area contributed by atoms with Gasteiger partial charge in [0.1, 0.15) is 6.17 Å². The topological polar surface area (TPSA) is 3.24 Å². The van der Waals surface area contributed by atoms with Gasteiger partial charge >= 0.3 is 0 Å². The molecule has 0 aromatic carbocycles. The smallest absolute Gasteiger partial charge is 0.114 e. The van der Waals surface area contributed by atoms with Gasteiger partial charge in [-0.2, -0.15) is 0 Å². The molecule has 2 heteroatoms. The minimum Gasteiger partial charge on any atom is -0.301 e. The molecule has 80 valence electrons. The molecule has 2 atom stereocenters. The molecular formula is C11H24FN. The quantitative estimate of drug-likeness (QED) is 0.612. The third kappa shape index (κ3) is 6.03. The van der Waals surface area contributed by atoms with Gasteiger partial charge in [-0.3, -0.25) is 0 Å². The van der Waals surface area contributed by atoms with E-state index in [2.05, 4.69) is 27.7 Å². The van der Waals surface area contributed by atoms with Crippen molar-refractivity contribution in [2.45, 2.75) is 52.8 Å². The van der Waals surface area contributed by atoms with E-state index >= 15 is 0 Å². The Labute approximate surface area is 82.3 Å². The van der Waals surface area contributed by atoms with Crippen molar-refractivity contribution < 1.29 is 4.39 Å². The third-order valence-corrected chi connectivity index (χ3v) is 2.65. The van der Waals surface area contributed by atoms with Crippen LogP contribution < -0.4 is 0 Å². The fraction of sp³-hybridized carbons (Fsp3) is 1.00. The van der Waals surface area contributed by atoms with Crippen LogP contribution in [0, 0.1) is 5.92 Å². The summed E-state index contributed by atoms with van der Waals surface area (Å²) in [7, 11) is 1.96. The molecule has 13 heavy (non-hydrogen) atoms. The van der Waals surface area contributed by atoms with E-state index in [0.717, 1.165) is 12.3 Å². The SMILES string of the molecule is CCC(C)C.C[C@@H]1C[C@@H](F)CN1C. The lowest BCUT2D eigenvalue weighted by molar-refractivity contribution is 0.303. The second kappa shape index (κ2) is 6.36. The molecule has 1 aliphatic heterocycles. The summed E-state index contributed by atoms with van der Waals surface area (Å²) in [6.45, 7) is 9.32. The lowest BCUT2D eigenvalue weighted by Gasteiger charge is -2.11. The summed E-state index contributed by atoms with van der Waals surface area (Å²) < 4.78 is 12.4. The number of alkyl halides is 1. The predicted molar refractivity (Wildman–Crippen MR) is 56.7 cm³/mol. The second-order valence-electron chi connectivity index (χ2n) is 4.42. The summed E-state index contributed by atoms with van der Waals surface area (Å²) >= 11 is 0.